The lowest BCUT2D eigenvalue weighted by Gasteiger charge is -2.39. The lowest BCUT2D eigenvalue weighted by molar-refractivity contribution is -0.141. The molecule has 0 bridgehead atoms. The highest BCUT2D eigenvalue weighted by Crippen LogP contribution is 2.34. The van der Waals surface area contributed by atoms with E-state index >= 15 is 0 Å². The summed E-state index contributed by atoms with van der Waals surface area (Å²) in [4.78, 5) is 22.8. The highest BCUT2D eigenvalue weighted by Gasteiger charge is 2.38. The van der Waals surface area contributed by atoms with Crippen molar-refractivity contribution in [2.24, 2.45) is 5.92 Å². The van der Waals surface area contributed by atoms with Crippen LogP contribution in [0.4, 0.5) is 0 Å². The van der Waals surface area contributed by atoms with Gasteiger partial charge in [0.1, 0.15) is 0 Å². The van der Waals surface area contributed by atoms with Crippen LogP contribution in [0.25, 0.3) is 0 Å². The molecule has 0 heterocycles. The lowest BCUT2D eigenvalue weighted by atomic mass is 10.0. The van der Waals surface area contributed by atoms with Gasteiger partial charge in [0, 0.05) is 6.42 Å². The number of carboxylic acid groups (broad SMARTS) is 2. The number of carbonyl (C=O) groups is 2. The fourth-order valence-corrected chi connectivity index (χ4v) is 19.8. The Morgan fingerprint density at radius 2 is 0.649 bits per heavy atom. The van der Waals surface area contributed by atoms with Crippen LogP contribution in [0.15, 0.2) is 0 Å². The monoisotopic (exact) mass is 839 g/mol. The Kier molecular flexibility index (Phi) is 40.2. The van der Waals surface area contributed by atoms with E-state index in [0.717, 1.165) is 44.2 Å². The molecule has 3 atom stereocenters. The molecule has 0 aromatic heterocycles. The molecule has 0 fully saturated rings. The third-order valence-corrected chi connectivity index (χ3v) is 22.6. The maximum atomic E-state index is 11.6. The van der Waals surface area contributed by atoms with Crippen molar-refractivity contribution in [3.63, 3.8) is 0 Å². The zero-order valence-electron chi connectivity index (χ0n) is 39.4. The molecule has 7 heteroatoms. The third kappa shape index (κ3) is 39.2. The Bertz CT molecular complexity index is 887. The standard InChI is InChI=1S/C50H102O5Si2/c1-6-8-10-12-14-16-18-20-22-24-26-28-30-32-34-38-44-56(4,46-40-36-37-43-49(51)52)55-57(5,47-41-42-48(3)50(53)54)45-39-35-33-31-29-27-25-23-21-19-17-15-13-11-9-7-2/h48H,6-47H2,1-5H3,(H,51,52)(H,53,54). The van der Waals surface area contributed by atoms with Crippen molar-refractivity contribution >= 4 is 28.6 Å². The van der Waals surface area contributed by atoms with E-state index < -0.39 is 28.6 Å². The smallest absolute Gasteiger partial charge is 0.306 e. The second-order valence-corrected chi connectivity index (χ2v) is 27.8. The zero-order valence-corrected chi connectivity index (χ0v) is 41.4. The summed E-state index contributed by atoms with van der Waals surface area (Å²) < 4.78 is 7.56. The summed E-state index contributed by atoms with van der Waals surface area (Å²) in [6, 6.07) is 4.63. The molecule has 0 aliphatic carbocycles. The molecule has 0 spiro atoms. The topological polar surface area (TPSA) is 83.8 Å². The molecule has 0 rings (SSSR count). The van der Waals surface area contributed by atoms with Crippen molar-refractivity contribution in [2.45, 2.75) is 302 Å². The van der Waals surface area contributed by atoms with Gasteiger partial charge in [0.2, 0.25) is 0 Å². The first-order chi connectivity index (χ1) is 27.6. The van der Waals surface area contributed by atoms with Crippen LogP contribution in [0, 0.1) is 5.92 Å². The number of carboxylic acids is 2. The molecule has 0 aromatic carbocycles. The third-order valence-electron chi connectivity index (χ3n) is 13.0. The predicted octanol–water partition coefficient (Wildman–Crippen LogP) is 17.8. The first-order valence-electron chi connectivity index (χ1n) is 25.7. The van der Waals surface area contributed by atoms with E-state index in [0.29, 0.717) is 0 Å². The van der Waals surface area contributed by atoms with Gasteiger partial charge in [-0.3, -0.25) is 9.59 Å². The van der Waals surface area contributed by atoms with E-state index in [1.54, 1.807) is 0 Å². The van der Waals surface area contributed by atoms with Crippen molar-refractivity contribution < 1.29 is 23.9 Å². The Labute approximate surface area is 359 Å². The van der Waals surface area contributed by atoms with E-state index in [1.807, 2.05) is 6.92 Å². The van der Waals surface area contributed by atoms with Crippen LogP contribution in [0.2, 0.25) is 37.3 Å². The lowest BCUT2D eigenvalue weighted by Crippen LogP contribution is -2.48. The van der Waals surface area contributed by atoms with Crippen molar-refractivity contribution in [1.82, 2.24) is 0 Å². The molecule has 3 unspecified atom stereocenters. The summed E-state index contributed by atoms with van der Waals surface area (Å²) in [6.45, 7) is 11.4. The van der Waals surface area contributed by atoms with E-state index in [9.17, 15) is 19.8 Å². The molecular formula is C50H102O5Si2. The van der Waals surface area contributed by atoms with Gasteiger partial charge in [-0.25, -0.2) is 0 Å². The predicted molar refractivity (Wildman–Crippen MR) is 255 cm³/mol. The summed E-state index contributed by atoms with van der Waals surface area (Å²) in [6.07, 6.45) is 49.1. The van der Waals surface area contributed by atoms with Crippen LogP contribution in [0.3, 0.4) is 0 Å². The zero-order chi connectivity index (χ0) is 42.1. The van der Waals surface area contributed by atoms with Crippen LogP contribution in [0.1, 0.15) is 265 Å². The molecule has 0 aliphatic heterocycles. The number of hydrogen-bond acceptors (Lipinski definition) is 3. The van der Waals surface area contributed by atoms with Crippen LogP contribution in [-0.2, 0) is 13.7 Å². The molecule has 5 nitrogen and oxygen atoms in total. The molecule has 0 radical (unpaired) electrons. The van der Waals surface area contributed by atoms with Gasteiger partial charge in [-0.15, -0.1) is 0 Å². The van der Waals surface area contributed by atoms with Crippen LogP contribution >= 0.6 is 0 Å². The number of aliphatic carboxylic acids is 2. The fourth-order valence-electron chi connectivity index (χ4n) is 9.00. The van der Waals surface area contributed by atoms with E-state index in [2.05, 4.69) is 26.9 Å². The molecule has 0 amide bonds. The van der Waals surface area contributed by atoms with Gasteiger partial charge in [-0.1, -0.05) is 245 Å². The second kappa shape index (κ2) is 40.7. The number of hydrogen-bond donors (Lipinski definition) is 2. The average molecular weight is 840 g/mol. The molecule has 57 heavy (non-hydrogen) atoms. The summed E-state index contributed by atoms with van der Waals surface area (Å²) >= 11 is 0. The van der Waals surface area contributed by atoms with E-state index in [-0.39, 0.29) is 12.3 Å². The molecule has 0 aromatic rings. The van der Waals surface area contributed by atoms with Gasteiger partial charge in [0.05, 0.1) is 5.92 Å². The summed E-state index contributed by atoms with van der Waals surface area (Å²) in [7, 11) is -4.00. The Hall–Kier alpha value is -0.666. The van der Waals surface area contributed by atoms with Gasteiger partial charge >= 0.3 is 11.9 Å². The number of rotatable bonds is 47. The summed E-state index contributed by atoms with van der Waals surface area (Å²) in [5.41, 5.74) is 0. The minimum Gasteiger partial charge on any atom is -0.481 e. The van der Waals surface area contributed by atoms with Crippen LogP contribution in [0.5, 0.6) is 0 Å². The highest BCUT2D eigenvalue weighted by atomic mass is 28.4. The molecule has 340 valence electrons. The number of unbranched alkanes of at least 4 members (excludes halogenated alkanes) is 32. The highest BCUT2D eigenvalue weighted by molar-refractivity contribution is 6.86. The van der Waals surface area contributed by atoms with Crippen molar-refractivity contribution in [3.8, 4) is 0 Å². The van der Waals surface area contributed by atoms with Gasteiger partial charge < -0.3 is 14.3 Å². The minimum atomic E-state index is -2.02. The SMILES string of the molecule is CCCCCCCCCCCCCCCCCC[Si](C)(CCCCCC(=O)O)O[Si](C)(CCCCCCCCCCCCCCCCCC)CCCC(C)C(=O)O. The van der Waals surface area contributed by atoms with Crippen molar-refractivity contribution in [3.05, 3.63) is 0 Å². The van der Waals surface area contributed by atoms with Crippen LogP contribution in [-0.4, -0.2) is 38.8 Å². The molecular weight excluding hydrogens is 737 g/mol. The van der Waals surface area contributed by atoms with Gasteiger partial charge in [-0.05, 0) is 50.1 Å². The Balaban J connectivity index is 4.78. The van der Waals surface area contributed by atoms with E-state index in [1.165, 1.54) is 218 Å². The summed E-state index contributed by atoms with van der Waals surface area (Å²) in [5, 5.41) is 18.7. The maximum absolute atomic E-state index is 11.6. The van der Waals surface area contributed by atoms with Crippen molar-refractivity contribution in [1.29, 1.82) is 0 Å². The largest absolute Gasteiger partial charge is 0.481 e. The first kappa shape index (κ1) is 56.3. The first-order valence-corrected chi connectivity index (χ1v) is 31.4. The van der Waals surface area contributed by atoms with E-state index in [4.69, 9.17) is 4.12 Å². The molecule has 0 saturated heterocycles. The maximum Gasteiger partial charge on any atom is 0.306 e. The Morgan fingerprint density at radius 3 is 0.912 bits per heavy atom. The minimum absolute atomic E-state index is 0.270. The van der Waals surface area contributed by atoms with Crippen LogP contribution < -0.4 is 0 Å². The molecule has 2 N–H and O–H groups in total. The van der Waals surface area contributed by atoms with Gasteiger partial charge in [0.15, 0.2) is 16.6 Å². The molecule has 0 aliphatic rings. The Morgan fingerprint density at radius 1 is 0.404 bits per heavy atom. The van der Waals surface area contributed by atoms with Crippen molar-refractivity contribution in [2.75, 3.05) is 0 Å². The quantitative estimate of drug-likeness (QED) is 0.0471. The fraction of sp³-hybridized carbons (Fsp3) is 0.960. The summed E-state index contributed by atoms with van der Waals surface area (Å²) in [5.74, 6) is -1.66. The van der Waals surface area contributed by atoms with Gasteiger partial charge in [-0.2, -0.15) is 0 Å². The average Bonchev–Trinajstić information content (AvgIpc) is 3.17. The normalized spacial score (nSPS) is 14.4. The second-order valence-electron chi connectivity index (χ2n) is 19.2. The van der Waals surface area contributed by atoms with Gasteiger partial charge in [0.25, 0.3) is 0 Å². The molecule has 0 saturated carbocycles.